The van der Waals surface area contributed by atoms with Gasteiger partial charge in [-0.25, -0.2) is 4.79 Å². The lowest BCUT2D eigenvalue weighted by Crippen LogP contribution is -2.18. The smallest absolute Gasteiger partial charge is 0.341 e. The zero-order valence-corrected chi connectivity index (χ0v) is 22.7. The van der Waals surface area contributed by atoms with E-state index in [0.29, 0.717) is 35.4 Å². The number of nitrogens with one attached hydrogen (secondary N) is 1. The Hall–Kier alpha value is -3.64. The normalized spacial score (nSPS) is 10.8. The van der Waals surface area contributed by atoms with E-state index in [1.54, 1.807) is 26.8 Å². The number of nitrogens with zero attached hydrogens (tertiary/aromatic N) is 3. The second-order valence-electron chi connectivity index (χ2n) is 8.05. The highest BCUT2D eigenvalue weighted by Crippen LogP contribution is 2.35. The van der Waals surface area contributed by atoms with E-state index in [4.69, 9.17) is 15.2 Å². The van der Waals surface area contributed by atoms with Gasteiger partial charge in [0.1, 0.15) is 10.8 Å². The Labute approximate surface area is 223 Å². The number of rotatable bonds is 12. The van der Waals surface area contributed by atoms with E-state index in [1.165, 1.54) is 11.8 Å². The number of esters is 1. The molecule has 0 spiro atoms. The highest BCUT2D eigenvalue weighted by Gasteiger charge is 2.27. The Morgan fingerprint density at radius 3 is 2.65 bits per heavy atom. The summed E-state index contributed by atoms with van der Waals surface area (Å²) in [6.07, 6.45) is 1.34. The van der Waals surface area contributed by atoms with Crippen LogP contribution in [0, 0.1) is 6.92 Å². The number of anilines is 1. The summed E-state index contributed by atoms with van der Waals surface area (Å²) >= 11 is 2.12. The molecule has 1 aromatic carbocycles. The van der Waals surface area contributed by atoms with Crippen LogP contribution in [0.5, 0.6) is 5.75 Å². The number of benzene rings is 1. The van der Waals surface area contributed by atoms with Gasteiger partial charge in [0, 0.05) is 6.54 Å². The molecule has 0 saturated carbocycles. The van der Waals surface area contributed by atoms with Crippen molar-refractivity contribution in [2.75, 3.05) is 17.7 Å². The van der Waals surface area contributed by atoms with Crippen LogP contribution in [0.3, 0.4) is 0 Å². The van der Waals surface area contributed by atoms with Crippen molar-refractivity contribution in [1.29, 1.82) is 0 Å². The maximum Gasteiger partial charge on any atom is 0.341 e. The number of carbonyl (C=O) groups excluding carboxylic acids is 3. The largest absolute Gasteiger partial charge is 0.493 e. The highest BCUT2D eigenvalue weighted by molar-refractivity contribution is 7.99. The Morgan fingerprint density at radius 2 is 2.00 bits per heavy atom. The van der Waals surface area contributed by atoms with E-state index in [0.717, 1.165) is 16.9 Å². The van der Waals surface area contributed by atoms with Crippen LogP contribution < -0.4 is 15.8 Å². The van der Waals surface area contributed by atoms with E-state index >= 15 is 0 Å². The summed E-state index contributed by atoms with van der Waals surface area (Å²) in [5.74, 6) is -0.480. The minimum atomic E-state index is -0.687. The quantitative estimate of drug-likeness (QED) is 0.196. The molecule has 3 aromatic rings. The first-order valence-corrected chi connectivity index (χ1v) is 13.3. The summed E-state index contributed by atoms with van der Waals surface area (Å²) in [5.41, 5.74) is 6.72. The number of ether oxygens (including phenoxy) is 2. The Balaban J connectivity index is 1.82. The first kappa shape index (κ1) is 27.9. The summed E-state index contributed by atoms with van der Waals surface area (Å²) in [6, 6.07) is 7.51. The van der Waals surface area contributed by atoms with Gasteiger partial charge in [0.2, 0.25) is 5.91 Å². The Kier molecular flexibility index (Phi) is 9.48. The summed E-state index contributed by atoms with van der Waals surface area (Å²) in [5, 5.41) is 12.0. The van der Waals surface area contributed by atoms with Crippen LogP contribution in [-0.2, 0) is 16.1 Å². The SMILES string of the molecule is C=CCn1c(SCC(=O)Nc2sc(C(N)=O)c(C)c2C(=O)OC(C)C)nnc1-c1ccccc1OCC. The predicted molar refractivity (Wildman–Crippen MR) is 144 cm³/mol. The van der Waals surface area contributed by atoms with E-state index in [9.17, 15) is 14.4 Å². The summed E-state index contributed by atoms with van der Waals surface area (Å²) < 4.78 is 12.9. The average Bonchev–Trinajstić information content (AvgIpc) is 3.38. The number of thiophene rings is 1. The van der Waals surface area contributed by atoms with Gasteiger partial charge in [0.05, 0.1) is 34.5 Å². The molecule has 196 valence electrons. The van der Waals surface area contributed by atoms with Crippen molar-refractivity contribution in [1.82, 2.24) is 14.8 Å². The van der Waals surface area contributed by atoms with Crippen LogP contribution in [-0.4, -0.2) is 51.0 Å². The minimum Gasteiger partial charge on any atom is -0.493 e. The molecule has 0 aliphatic heterocycles. The lowest BCUT2D eigenvalue weighted by molar-refractivity contribution is -0.113. The average molecular weight is 544 g/mol. The fourth-order valence-corrected chi connectivity index (χ4v) is 5.28. The third-order valence-electron chi connectivity index (χ3n) is 4.96. The predicted octanol–water partition coefficient (Wildman–Crippen LogP) is 4.29. The number of nitrogens with two attached hydrogens (primary N) is 1. The number of aromatic nitrogens is 3. The van der Waals surface area contributed by atoms with E-state index in [-0.39, 0.29) is 27.3 Å². The van der Waals surface area contributed by atoms with E-state index < -0.39 is 17.8 Å². The number of primary amides is 1. The monoisotopic (exact) mass is 543 g/mol. The van der Waals surface area contributed by atoms with Gasteiger partial charge in [-0.2, -0.15) is 0 Å². The number of amides is 2. The molecule has 3 N–H and O–H groups in total. The first-order valence-electron chi connectivity index (χ1n) is 11.5. The summed E-state index contributed by atoms with van der Waals surface area (Å²) in [4.78, 5) is 37.5. The van der Waals surface area contributed by atoms with Crippen LogP contribution in [0.1, 0.15) is 46.4 Å². The van der Waals surface area contributed by atoms with Gasteiger partial charge >= 0.3 is 5.97 Å². The first-order chi connectivity index (χ1) is 17.7. The third kappa shape index (κ3) is 6.57. The second-order valence-corrected chi connectivity index (χ2v) is 10.0. The lowest BCUT2D eigenvalue weighted by Gasteiger charge is -2.12. The molecule has 2 aromatic heterocycles. The Bertz CT molecular complexity index is 1310. The van der Waals surface area contributed by atoms with Crippen LogP contribution >= 0.6 is 23.1 Å². The zero-order valence-electron chi connectivity index (χ0n) is 21.1. The minimum absolute atomic E-state index is 0.0239. The second kappa shape index (κ2) is 12.5. The highest BCUT2D eigenvalue weighted by atomic mass is 32.2. The molecule has 0 bridgehead atoms. The van der Waals surface area contributed by atoms with Gasteiger partial charge in [0.15, 0.2) is 11.0 Å². The number of allylic oxidation sites excluding steroid dienone is 1. The lowest BCUT2D eigenvalue weighted by atomic mass is 10.1. The number of carbonyl (C=O) groups is 3. The molecule has 0 aliphatic carbocycles. The molecular weight excluding hydrogens is 514 g/mol. The Morgan fingerprint density at radius 1 is 1.27 bits per heavy atom. The van der Waals surface area contributed by atoms with Gasteiger partial charge in [0.25, 0.3) is 5.91 Å². The number of hydrogen-bond donors (Lipinski definition) is 2. The maximum atomic E-state index is 12.9. The van der Waals surface area contributed by atoms with Gasteiger partial charge in [-0.3, -0.25) is 14.2 Å². The van der Waals surface area contributed by atoms with Crippen molar-refractivity contribution >= 4 is 45.9 Å². The number of hydrogen-bond acceptors (Lipinski definition) is 9. The van der Waals surface area contributed by atoms with Crippen molar-refractivity contribution in [3.05, 3.63) is 52.9 Å². The molecule has 0 fully saturated rings. The topological polar surface area (TPSA) is 138 Å². The molecule has 0 aliphatic rings. The fraction of sp³-hybridized carbons (Fsp3) is 0.320. The number of para-hydroxylation sites is 1. The van der Waals surface area contributed by atoms with Crippen molar-refractivity contribution in [2.24, 2.45) is 5.73 Å². The number of thioether (sulfide) groups is 1. The van der Waals surface area contributed by atoms with Crippen LogP contribution in [0.2, 0.25) is 0 Å². The van der Waals surface area contributed by atoms with Crippen molar-refractivity contribution in [3.63, 3.8) is 0 Å². The fourth-order valence-electron chi connectivity index (χ4n) is 3.47. The molecule has 10 nitrogen and oxygen atoms in total. The molecule has 2 amide bonds. The van der Waals surface area contributed by atoms with Crippen molar-refractivity contribution in [2.45, 2.75) is 45.5 Å². The molecule has 3 rings (SSSR count). The van der Waals surface area contributed by atoms with E-state index in [2.05, 4.69) is 22.1 Å². The molecule has 0 unspecified atom stereocenters. The van der Waals surface area contributed by atoms with Crippen molar-refractivity contribution < 1.29 is 23.9 Å². The van der Waals surface area contributed by atoms with Crippen molar-refractivity contribution in [3.8, 4) is 17.1 Å². The summed E-state index contributed by atoms with van der Waals surface area (Å²) in [6.45, 7) is 11.7. The summed E-state index contributed by atoms with van der Waals surface area (Å²) in [7, 11) is 0. The molecule has 37 heavy (non-hydrogen) atoms. The van der Waals surface area contributed by atoms with Gasteiger partial charge in [-0.1, -0.05) is 30.0 Å². The molecule has 2 heterocycles. The van der Waals surface area contributed by atoms with Crippen LogP contribution in [0.25, 0.3) is 11.4 Å². The third-order valence-corrected chi connectivity index (χ3v) is 7.15. The van der Waals surface area contributed by atoms with E-state index in [1.807, 2.05) is 35.8 Å². The van der Waals surface area contributed by atoms with Gasteiger partial charge in [-0.15, -0.1) is 28.1 Å². The molecular formula is C25H29N5O5S2. The zero-order chi connectivity index (χ0) is 27.1. The molecule has 0 radical (unpaired) electrons. The van der Waals surface area contributed by atoms with Gasteiger partial charge in [-0.05, 0) is 45.4 Å². The molecule has 0 saturated heterocycles. The van der Waals surface area contributed by atoms with Crippen LogP contribution in [0.15, 0.2) is 42.1 Å². The van der Waals surface area contributed by atoms with Gasteiger partial charge < -0.3 is 20.5 Å². The molecule has 0 atom stereocenters. The maximum absolute atomic E-state index is 12.9. The standard InChI is InChI=1S/C25H29N5O5S2/c1-6-12-30-22(16-10-8-9-11-17(16)34-7-2)28-29-25(30)36-13-18(31)27-23-19(24(33)35-14(3)4)15(5)20(37-23)21(26)32/h6,8-11,14H,1,7,12-13H2,2-5H3,(H2,26,32)(H,27,31). The molecule has 12 heteroatoms. The van der Waals surface area contributed by atoms with Crippen LogP contribution in [0.4, 0.5) is 5.00 Å².